The molecule has 31 heavy (non-hydrogen) atoms. The van der Waals surface area contributed by atoms with Gasteiger partial charge < -0.3 is 19.5 Å². The lowest BCUT2D eigenvalue weighted by Gasteiger charge is -2.29. The van der Waals surface area contributed by atoms with Gasteiger partial charge in [-0.05, 0) is 35.5 Å². The van der Waals surface area contributed by atoms with Crippen LogP contribution in [-0.4, -0.2) is 56.4 Å². The fourth-order valence-electron chi connectivity index (χ4n) is 3.14. The van der Waals surface area contributed by atoms with E-state index in [0.29, 0.717) is 48.0 Å². The first-order chi connectivity index (χ1) is 15.0. The summed E-state index contributed by atoms with van der Waals surface area (Å²) in [4.78, 5) is 43.9. The van der Waals surface area contributed by atoms with Crippen LogP contribution in [0.3, 0.4) is 0 Å². The Bertz CT molecular complexity index is 1050. The first kappa shape index (κ1) is 20.7. The van der Waals surface area contributed by atoms with Crippen LogP contribution in [0.1, 0.15) is 18.4 Å². The topological polar surface area (TPSA) is 131 Å². The minimum Gasteiger partial charge on any atom is -0.474 e. The Labute approximate surface area is 181 Å². The number of piperidine rings is 1. The summed E-state index contributed by atoms with van der Waals surface area (Å²) < 4.78 is 11.6. The second kappa shape index (κ2) is 9.04. The zero-order valence-corrected chi connectivity index (χ0v) is 17.0. The van der Waals surface area contributed by atoms with Crippen LogP contribution in [0.2, 0.25) is 0 Å². The lowest BCUT2D eigenvalue weighted by atomic mass is 10.1. The summed E-state index contributed by atoms with van der Waals surface area (Å²) in [7, 11) is 0. The fourth-order valence-corrected chi connectivity index (χ4v) is 3.82. The molecule has 0 radical (unpaired) electrons. The summed E-state index contributed by atoms with van der Waals surface area (Å²) in [6, 6.07) is 8.56. The van der Waals surface area contributed by atoms with Gasteiger partial charge in [0, 0.05) is 25.9 Å². The van der Waals surface area contributed by atoms with Crippen LogP contribution in [0.25, 0.3) is 6.08 Å². The Kier molecular flexibility index (Phi) is 6.03. The molecule has 0 atom stereocenters. The number of carbonyl (C=O) groups is 3. The number of amides is 3. The molecule has 0 bridgehead atoms. The number of nitrogens with zero attached hydrogens (tertiary/aromatic N) is 3. The SMILES string of the molecule is O=C1NC(=O)/C(=C\c2cccc(Oc3cc(OC4CCN(C(=O)O)CC4)ncn3)c2)S1. The third kappa shape index (κ3) is 5.31. The Balaban J connectivity index is 1.40. The van der Waals surface area contributed by atoms with Gasteiger partial charge in [0.05, 0.1) is 11.0 Å². The molecule has 160 valence electrons. The summed E-state index contributed by atoms with van der Waals surface area (Å²) in [6.07, 6.45) is 3.04. The van der Waals surface area contributed by atoms with Crippen LogP contribution in [0.5, 0.6) is 17.5 Å². The van der Waals surface area contributed by atoms with Crippen LogP contribution in [0, 0.1) is 0 Å². The van der Waals surface area contributed by atoms with Crippen molar-refractivity contribution in [2.75, 3.05) is 13.1 Å². The number of hydrogen-bond acceptors (Lipinski definition) is 8. The minimum atomic E-state index is -0.923. The zero-order valence-electron chi connectivity index (χ0n) is 16.2. The highest BCUT2D eigenvalue weighted by molar-refractivity contribution is 8.18. The summed E-state index contributed by atoms with van der Waals surface area (Å²) in [5, 5.41) is 10.8. The van der Waals surface area contributed by atoms with Gasteiger partial charge in [0.15, 0.2) is 0 Å². The lowest BCUT2D eigenvalue weighted by Crippen LogP contribution is -2.41. The number of rotatable bonds is 5. The smallest absolute Gasteiger partial charge is 0.407 e. The van der Waals surface area contributed by atoms with E-state index in [4.69, 9.17) is 14.6 Å². The van der Waals surface area contributed by atoms with Gasteiger partial charge in [0.25, 0.3) is 11.1 Å². The maximum Gasteiger partial charge on any atom is 0.407 e. The highest BCUT2D eigenvalue weighted by Gasteiger charge is 2.25. The highest BCUT2D eigenvalue weighted by atomic mass is 32.2. The predicted molar refractivity (Wildman–Crippen MR) is 111 cm³/mol. The second-order valence-electron chi connectivity index (χ2n) is 6.81. The number of imide groups is 1. The van der Waals surface area contributed by atoms with E-state index < -0.39 is 17.2 Å². The van der Waals surface area contributed by atoms with E-state index in [2.05, 4.69) is 15.3 Å². The number of aromatic nitrogens is 2. The van der Waals surface area contributed by atoms with E-state index in [-0.39, 0.29) is 12.0 Å². The molecule has 2 aliphatic heterocycles. The standard InChI is InChI=1S/C20H18N4O6S/c25-18-15(31-19(26)23-18)9-12-2-1-3-14(8-12)30-17-10-16(21-11-22-17)29-13-4-6-24(7-5-13)20(27)28/h1-3,8-11,13H,4-7H2,(H,27,28)(H,23,25,26)/b15-9+. The second-order valence-corrected chi connectivity index (χ2v) is 7.82. The molecule has 1 aromatic heterocycles. The minimum absolute atomic E-state index is 0.133. The molecule has 0 unspecified atom stereocenters. The molecule has 3 amide bonds. The average molecular weight is 442 g/mol. The molecule has 2 N–H and O–H groups in total. The number of benzene rings is 1. The van der Waals surface area contributed by atoms with Crippen LogP contribution in [0.15, 0.2) is 41.6 Å². The van der Waals surface area contributed by atoms with Gasteiger partial charge in [-0.15, -0.1) is 0 Å². The van der Waals surface area contributed by atoms with Crippen molar-refractivity contribution in [3.05, 3.63) is 47.1 Å². The van der Waals surface area contributed by atoms with E-state index in [1.54, 1.807) is 36.4 Å². The molecule has 2 aromatic rings. The van der Waals surface area contributed by atoms with Crippen molar-refractivity contribution in [1.82, 2.24) is 20.2 Å². The van der Waals surface area contributed by atoms with Gasteiger partial charge >= 0.3 is 6.09 Å². The molecule has 10 nitrogen and oxygen atoms in total. The van der Waals surface area contributed by atoms with Crippen molar-refractivity contribution in [2.24, 2.45) is 0 Å². The maximum absolute atomic E-state index is 11.7. The lowest BCUT2D eigenvalue weighted by molar-refractivity contribution is -0.115. The predicted octanol–water partition coefficient (Wildman–Crippen LogP) is 3.11. The number of nitrogens with one attached hydrogen (secondary N) is 1. The Hall–Kier alpha value is -3.60. The summed E-state index contributed by atoms with van der Waals surface area (Å²) >= 11 is 0.846. The monoisotopic (exact) mass is 442 g/mol. The Morgan fingerprint density at radius 3 is 2.68 bits per heavy atom. The third-order valence-electron chi connectivity index (χ3n) is 4.64. The number of ether oxygens (including phenoxy) is 2. The fraction of sp³-hybridized carbons (Fsp3) is 0.250. The van der Waals surface area contributed by atoms with E-state index in [0.717, 1.165) is 11.8 Å². The molecule has 1 aromatic carbocycles. The molecule has 4 rings (SSSR count). The quantitative estimate of drug-likeness (QED) is 0.671. The average Bonchev–Trinajstić information content (AvgIpc) is 3.05. The number of likely N-dealkylation sites (tertiary alicyclic amines) is 1. The summed E-state index contributed by atoms with van der Waals surface area (Å²) in [5.41, 5.74) is 0.695. The Morgan fingerprint density at radius 1 is 1.19 bits per heavy atom. The first-order valence-electron chi connectivity index (χ1n) is 9.45. The van der Waals surface area contributed by atoms with Crippen molar-refractivity contribution in [3.8, 4) is 17.5 Å². The van der Waals surface area contributed by atoms with E-state index in [1.165, 1.54) is 11.2 Å². The highest BCUT2D eigenvalue weighted by Crippen LogP contribution is 2.28. The maximum atomic E-state index is 11.7. The number of hydrogen-bond donors (Lipinski definition) is 2. The van der Waals surface area contributed by atoms with Crippen LogP contribution in [0.4, 0.5) is 9.59 Å². The largest absolute Gasteiger partial charge is 0.474 e. The first-order valence-corrected chi connectivity index (χ1v) is 10.3. The summed E-state index contributed by atoms with van der Waals surface area (Å²) in [5.74, 6) is 0.687. The molecule has 0 saturated carbocycles. The number of carboxylic acid groups (broad SMARTS) is 1. The van der Waals surface area contributed by atoms with Gasteiger partial charge in [-0.25, -0.2) is 14.8 Å². The van der Waals surface area contributed by atoms with Crippen molar-refractivity contribution in [3.63, 3.8) is 0 Å². The molecule has 0 aliphatic carbocycles. The normalized spacial score (nSPS) is 18.2. The van der Waals surface area contributed by atoms with Crippen molar-refractivity contribution in [2.45, 2.75) is 18.9 Å². The van der Waals surface area contributed by atoms with Crippen molar-refractivity contribution >= 4 is 35.1 Å². The van der Waals surface area contributed by atoms with E-state index in [9.17, 15) is 14.4 Å². The molecule has 2 aliphatic rings. The van der Waals surface area contributed by atoms with Gasteiger partial charge in [0.1, 0.15) is 18.2 Å². The van der Waals surface area contributed by atoms with Crippen molar-refractivity contribution in [1.29, 1.82) is 0 Å². The molecular formula is C20H18N4O6S. The molecular weight excluding hydrogens is 424 g/mol. The molecule has 0 spiro atoms. The van der Waals surface area contributed by atoms with Crippen LogP contribution < -0.4 is 14.8 Å². The van der Waals surface area contributed by atoms with Crippen LogP contribution >= 0.6 is 11.8 Å². The van der Waals surface area contributed by atoms with E-state index in [1.807, 2.05) is 0 Å². The van der Waals surface area contributed by atoms with Gasteiger partial charge in [-0.1, -0.05) is 12.1 Å². The molecule has 11 heteroatoms. The molecule has 2 fully saturated rings. The van der Waals surface area contributed by atoms with Crippen LogP contribution in [-0.2, 0) is 4.79 Å². The number of thioether (sulfide) groups is 1. The van der Waals surface area contributed by atoms with Gasteiger partial charge in [-0.2, -0.15) is 0 Å². The Morgan fingerprint density at radius 2 is 1.97 bits per heavy atom. The van der Waals surface area contributed by atoms with Gasteiger partial charge in [-0.3, -0.25) is 14.9 Å². The molecule has 3 heterocycles. The number of carbonyl (C=O) groups excluding carboxylic acids is 2. The van der Waals surface area contributed by atoms with Gasteiger partial charge in [0.2, 0.25) is 11.8 Å². The van der Waals surface area contributed by atoms with Crippen molar-refractivity contribution < 1.29 is 29.0 Å². The summed E-state index contributed by atoms with van der Waals surface area (Å²) in [6.45, 7) is 0.831. The molecule has 2 saturated heterocycles. The van der Waals surface area contributed by atoms with E-state index >= 15 is 0 Å². The third-order valence-corrected chi connectivity index (χ3v) is 5.45. The zero-order chi connectivity index (χ0) is 21.8.